The van der Waals surface area contributed by atoms with Crippen molar-refractivity contribution in [3.05, 3.63) is 34.4 Å². The van der Waals surface area contributed by atoms with Crippen LogP contribution < -0.4 is 0 Å². The number of alkyl halides is 12. The molecule has 1 rings (SSSR count). The second kappa shape index (κ2) is 7.39. The number of rotatable bonds is 4. The second-order valence-electron chi connectivity index (χ2n) is 5.97. The van der Waals surface area contributed by atoms with Gasteiger partial charge in [-0.1, -0.05) is 0 Å². The summed E-state index contributed by atoms with van der Waals surface area (Å²) < 4.78 is 157. The van der Waals surface area contributed by atoms with E-state index < -0.39 is 82.2 Å². The number of carboxylic acids is 2. The standard InChI is InChI=1S/C14H6F12O6/c15-11(16,17)9(31,12(18,19)20)3-1-4(7(27)28)6(5(2-3)8(29)30)10(32,13(21,22)23)14(24,25)26/h1-2,31-32H,(H,27,28)(H,29,30). The molecule has 0 spiro atoms. The van der Waals surface area contributed by atoms with Crippen molar-refractivity contribution in [3.8, 4) is 0 Å². The maximum Gasteiger partial charge on any atom is 0.430 e. The molecule has 0 fully saturated rings. The summed E-state index contributed by atoms with van der Waals surface area (Å²) in [7, 11) is 0. The van der Waals surface area contributed by atoms with Gasteiger partial charge in [-0.05, 0) is 12.1 Å². The summed E-state index contributed by atoms with van der Waals surface area (Å²) in [4.78, 5) is 22.4. The van der Waals surface area contributed by atoms with Crippen LogP contribution in [0.3, 0.4) is 0 Å². The average molecular weight is 498 g/mol. The molecule has 0 saturated carbocycles. The first kappa shape index (κ1) is 27.3. The third-order valence-corrected chi connectivity index (χ3v) is 4.02. The zero-order valence-electron chi connectivity index (χ0n) is 14.3. The summed E-state index contributed by atoms with van der Waals surface area (Å²) in [5, 5.41) is 36.3. The molecule has 6 nitrogen and oxygen atoms in total. The predicted octanol–water partition coefficient (Wildman–Crippen LogP) is 3.71. The van der Waals surface area contributed by atoms with Gasteiger partial charge in [-0.15, -0.1) is 0 Å². The lowest BCUT2D eigenvalue weighted by atomic mass is 9.80. The molecular formula is C14H6F12O6. The van der Waals surface area contributed by atoms with Crippen LogP contribution in [0.15, 0.2) is 12.1 Å². The summed E-state index contributed by atoms with van der Waals surface area (Å²) in [5.41, 5.74) is -23.9. The van der Waals surface area contributed by atoms with Crippen molar-refractivity contribution in [1.82, 2.24) is 0 Å². The minimum atomic E-state index is -6.97. The van der Waals surface area contributed by atoms with Crippen molar-refractivity contribution < 1.29 is 82.7 Å². The number of carbonyl (C=O) groups is 2. The van der Waals surface area contributed by atoms with Gasteiger partial charge in [-0.2, -0.15) is 52.7 Å². The molecule has 0 aliphatic rings. The van der Waals surface area contributed by atoms with Crippen LogP contribution in [0, 0.1) is 0 Å². The Bertz CT molecular complexity index is 861. The molecular weight excluding hydrogens is 492 g/mol. The van der Waals surface area contributed by atoms with Crippen LogP contribution in [0.4, 0.5) is 52.7 Å². The van der Waals surface area contributed by atoms with E-state index in [0.29, 0.717) is 0 Å². The molecule has 0 radical (unpaired) electrons. The first-order chi connectivity index (χ1) is 13.9. The van der Waals surface area contributed by atoms with Crippen LogP contribution >= 0.6 is 0 Å². The molecule has 1 aromatic carbocycles. The van der Waals surface area contributed by atoms with Gasteiger partial charge in [0.1, 0.15) is 0 Å². The summed E-state index contributed by atoms with van der Waals surface area (Å²) in [6, 6.07) is -2.21. The van der Waals surface area contributed by atoms with E-state index in [2.05, 4.69) is 0 Å². The van der Waals surface area contributed by atoms with Gasteiger partial charge in [-0.3, -0.25) is 0 Å². The molecule has 0 bridgehead atoms. The maximum atomic E-state index is 13.1. The van der Waals surface area contributed by atoms with Crippen LogP contribution in [0.25, 0.3) is 0 Å². The number of aromatic carboxylic acids is 2. The lowest BCUT2D eigenvalue weighted by Gasteiger charge is -2.36. The molecule has 0 aliphatic heterocycles. The summed E-state index contributed by atoms with van der Waals surface area (Å²) in [6.07, 6.45) is -27.6. The third kappa shape index (κ3) is 3.91. The summed E-state index contributed by atoms with van der Waals surface area (Å²) in [6.45, 7) is 0. The van der Waals surface area contributed by atoms with E-state index in [1.54, 1.807) is 0 Å². The topological polar surface area (TPSA) is 115 Å². The molecule has 4 N–H and O–H groups in total. The van der Waals surface area contributed by atoms with E-state index in [-0.39, 0.29) is 0 Å². The Morgan fingerprint density at radius 2 is 0.812 bits per heavy atom. The quantitative estimate of drug-likeness (QED) is 0.471. The average Bonchev–Trinajstić information content (AvgIpc) is 2.54. The lowest BCUT2D eigenvalue weighted by molar-refractivity contribution is -0.378. The predicted molar refractivity (Wildman–Crippen MR) is 72.4 cm³/mol. The molecule has 0 aromatic heterocycles. The van der Waals surface area contributed by atoms with Crippen LogP contribution in [0.1, 0.15) is 31.8 Å². The van der Waals surface area contributed by atoms with Gasteiger partial charge in [0.2, 0.25) is 0 Å². The van der Waals surface area contributed by atoms with Gasteiger partial charge in [0.15, 0.2) is 0 Å². The zero-order valence-corrected chi connectivity index (χ0v) is 14.3. The smallest absolute Gasteiger partial charge is 0.430 e. The monoisotopic (exact) mass is 498 g/mol. The van der Waals surface area contributed by atoms with Crippen molar-refractivity contribution in [3.63, 3.8) is 0 Å². The zero-order chi connectivity index (χ0) is 25.9. The van der Waals surface area contributed by atoms with Crippen LogP contribution in [0.2, 0.25) is 0 Å². The van der Waals surface area contributed by atoms with Crippen molar-refractivity contribution >= 4 is 11.9 Å². The van der Waals surface area contributed by atoms with Gasteiger partial charge in [0.05, 0.1) is 11.1 Å². The molecule has 0 unspecified atom stereocenters. The van der Waals surface area contributed by atoms with Crippen molar-refractivity contribution in [2.45, 2.75) is 35.9 Å². The lowest BCUT2D eigenvalue weighted by Crippen LogP contribution is -2.56. The fourth-order valence-corrected chi connectivity index (χ4v) is 2.51. The molecule has 0 amide bonds. The number of halogens is 12. The number of hydrogen-bond acceptors (Lipinski definition) is 4. The van der Waals surface area contributed by atoms with Crippen molar-refractivity contribution in [2.24, 2.45) is 0 Å². The summed E-state index contributed by atoms with van der Waals surface area (Å²) >= 11 is 0. The highest BCUT2D eigenvalue weighted by atomic mass is 19.4. The highest BCUT2D eigenvalue weighted by molar-refractivity contribution is 5.98. The van der Waals surface area contributed by atoms with E-state index >= 15 is 0 Å². The van der Waals surface area contributed by atoms with E-state index in [9.17, 15) is 72.5 Å². The summed E-state index contributed by atoms with van der Waals surface area (Å²) in [5.74, 6) is -6.19. The highest BCUT2D eigenvalue weighted by Crippen LogP contribution is 2.54. The fourth-order valence-electron chi connectivity index (χ4n) is 2.51. The van der Waals surface area contributed by atoms with E-state index in [1.807, 2.05) is 0 Å². The van der Waals surface area contributed by atoms with Gasteiger partial charge < -0.3 is 20.4 Å². The first-order valence-electron chi connectivity index (χ1n) is 7.23. The second-order valence-corrected chi connectivity index (χ2v) is 5.97. The highest BCUT2D eigenvalue weighted by Gasteiger charge is 2.75. The Balaban J connectivity index is 4.41. The first-order valence-corrected chi connectivity index (χ1v) is 7.23. The van der Waals surface area contributed by atoms with Crippen molar-refractivity contribution in [2.75, 3.05) is 0 Å². The molecule has 0 atom stereocenters. The van der Waals surface area contributed by atoms with Crippen LogP contribution in [-0.2, 0) is 11.2 Å². The van der Waals surface area contributed by atoms with E-state index in [1.165, 1.54) is 0 Å². The van der Waals surface area contributed by atoms with Gasteiger partial charge in [0, 0.05) is 11.1 Å². The van der Waals surface area contributed by atoms with Gasteiger partial charge >= 0.3 is 36.6 Å². The maximum absolute atomic E-state index is 13.1. The minimum absolute atomic E-state index is 1.10. The largest absolute Gasteiger partial charge is 0.478 e. The molecule has 32 heavy (non-hydrogen) atoms. The van der Waals surface area contributed by atoms with Crippen LogP contribution in [-0.4, -0.2) is 57.1 Å². The van der Waals surface area contributed by atoms with E-state index in [4.69, 9.17) is 10.2 Å². The number of carboxylic acid groups (broad SMARTS) is 2. The fraction of sp³-hybridized carbons (Fsp3) is 0.429. The third-order valence-electron chi connectivity index (χ3n) is 4.02. The normalized spacial score (nSPS) is 14.4. The molecule has 0 heterocycles. The Hall–Kier alpha value is -2.76. The van der Waals surface area contributed by atoms with E-state index in [0.717, 1.165) is 0 Å². The molecule has 0 saturated heterocycles. The van der Waals surface area contributed by atoms with Crippen LogP contribution in [0.5, 0.6) is 0 Å². The Labute approximate surface area is 166 Å². The Morgan fingerprint density at radius 1 is 0.562 bits per heavy atom. The molecule has 1 aromatic rings. The minimum Gasteiger partial charge on any atom is -0.478 e. The Morgan fingerprint density at radius 3 is 1.00 bits per heavy atom. The van der Waals surface area contributed by atoms with Gasteiger partial charge in [0.25, 0.3) is 11.2 Å². The molecule has 182 valence electrons. The van der Waals surface area contributed by atoms with Gasteiger partial charge in [-0.25, -0.2) is 9.59 Å². The number of hydrogen-bond donors (Lipinski definition) is 4. The molecule has 18 heteroatoms. The Kier molecular flexibility index (Phi) is 6.30. The van der Waals surface area contributed by atoms with Crippen molar-refractivity contribution in [1.29, 1.82) is 0 Å². The number of benzene rings is 1. The number of aliphatic hydroxyl groups is 2. The SMILES string of the molecule is O=C(O)c1cc(C(O)(C(F)(F)F)C(F)(F)F)cc(C(=O)O)c1C(O)(C(F)(F)F)C(F)(F)F. The molecule has 0 aliphatic carbocycles.